The molecule has 13 heavy (non-hydrogen) atoms. The summed E-state index contributed by atoms with van der Waals surface area (Å²) < 4.78 is 2.91. The molecule has 0 spiro atoms. The number of aromatic nitrogens is 3. The Bertz CT molecular complexity index is 257. The first-order valence-electron chi connectivity index (χ1n) is 4.87. The van der Waals surface area contributed by atoms with Gasteiger partial charge < -0.3 is 0 Å². The van der Waals surface area contributed by atoms with E-state index in [2.05, 4.69) is 40.1 Å². The van der Waals surface area contributed by atoms with Gasteiger partial charge in [0.15, 0.2) is 4.60 Å². The molecule has 1 aromatic heterocycles. The van der Waals surface area contributed by atoms with Crippen LogP contribution >= 0.6 is 15.9 Å². The summed E-state index contributed by atoms with van der Waals surface area (Å²) in [5.74, 6) is 0. The number of hydrogen-bond donors (Lipinski definition) is 0. The van der Waals surface area contributed by atoms with Crippen LogP contribution in [0.5, 0.6) is 0 Å². The lowest BCUT2D eigenvalue weighted by Crippen LogP contribution is -2.04. The quantitative estimate of drug-likeness (QED) is 0.799. The maximum atomic E-state index is 4.08. The molecule has 1 rings (SSSR count). The molecule has 0 radical (unpaired) electrons. The van der Waals surface area contributed by atoms with Crippen LogP contribution in [0.3, 0.4) is 0 Å². The Morgan fingerprint density at radius 3 is 2.69 bits per heavy atom. The lowest BCUT2D eigenvalue weighted by Gasteiger charge is -2.03. The van der Waals surface area contributed by atoms with Gasteiger partial charge in [0.05, 0.1) is 5.69 Å². The predicted molar refractivity (Wildman–Crippen MR) is 56.6 cm³/mol. The van der Waals surface area contributed by atoms with Crippen LogP contribution in [0.4, 0.5) is 0 Å². The van der Waals surface area contributed by atoms with Crippen molar-refractivity contribution in [2.45, 2.75) is 46.1 Å². The van der Waals surface area contributed by atoms with E-state index in [9.17, 15) is 0 Å². The molecule has 0 amide bonds. The molecule has 0 aliphatic rings. The van der Waals surface area contributed by atoms with Crippen molar-refractivity contribution in [1.82, 2.24) is 15.0 Å². The number of nitrogens with zero attached hydrogens (tertiary/aromatic N) is 3. The van der Waals surface area contributed by atoms with Gasteiger partial charge in [-0.25, -0.2) is 4.68 Å². The molecular formula is C9H16BrN3. The van der Waals surface area contributed by atoms with Gasteiger partial charge in [-0.3, -0.25) is 0 Å². The smallest absolute Gasteiger partial charge is 0.151 e. The highest BCUT2D eigenvalue weighted by Crippen LogP contribution is 2.15. The molecule has 0 N–H and O–H groups in total. The molecule has 0 aromatic carbocycles. The average molecular weight is 246 g/mol. The van der Waals surface area contributed by atoms with E-state index >= 15 is 0 Å². The van der Waals surface area contributed by atoms with Gasteiger partial charge in [-0.2, -0.15) is 0 Å². The molecule has 0 atom stereocenters. The summed E-state index contributed by atoms with van der Waals surface area (Å²) in [5.41, 5.74) is 1.24. The summed E-state index contributed by atoms with van der Waals surface area (Å²) >= 11 is 3.42. The fourth-order valence-corrected chi connectivity index (χ4v) is 1.75. The monoisotopic (exact) mass is 245 g/mol. The number of hydrogen-bond acceptors (Lipinski definition) is 2. The Morgan fingerprint density at radius 1 is 1.31 bits per heavy atom. The third-order valence-corrected chi connectivity index (χ3v) is 2.61. The summed E-state index contributed by atoms with van der Waals surface area (Å²) in [5, 5.41) is 8.10. The largest absolute Gasteiger partial charge is 0.248 e. The molecule has 3 nitrogen and oxygen atoms in total. The van der Waals surface area contributed by atoms with Gasteiger partial charge in [-0.1, -0.05) is 25.5 Å². The van der Waals surface area contributed by atoms with E-state index in [-0.39, 0.29) is 0 Å². The second-order valence-corrected chi connectivity index (χ2v) is 3.90. The molecule has 0 saturated heterocycles. The van der Waals surface area contributed by atoms with Crippen molar-refractivity contribution in [3.8, 4) is 0 Å². The number of rotatable bonds is 5. The van der Waals surface area contributed by atoms with Crippen molar-refractivity contribution >= 4 is 15.9 Å². The van der Waals surface area contributed by atoms with Crippen molar-refractivity contribution in [3.05, 3.63) is 10.3 Å². The minimum absolute atomic E-state index is 0.911. The average Bonchev–Trinajstić information content (AvgIpc) is 2.45. The first kappa shape index (κ1) is 10.7. The predicted octanol–water partition coefficient (Wildman–Crippen LogP) is 2.79. The van der Waals surface area contributed by atoms with E-state index in [0.29, 0.717) is 0 Å². The highest BCUT2D eigenvalue weighted by atomic mass is 79.9. The number of halogens is 1. The molecule has 0 aliphatic carbocycles. The molecule has 0 saturated carbocycles. The van der Waals surface area contributed by atoms with Crippen LogP contribution < -0.4 is 0 Å². The Labute approximate surface area is 87.6 Å². The zero-order valence-electron chi connectivity index (χ0n) is 8.26. The topological polar surface area (TPSA) is 30.7 Å². The lowest BCUT2D eigenvalue weighted by molar-refractivity contribution is 0.548. The molecule has 0 aliphatic heterocycles. The van der Waals surface area contributed by atoms with Gasteiger partial charge in [0, 0.05) is 6.54 Å². The third kappa shape index (κ3) is 2.79. The molecule has 0 unspecified atom stereocenters. The van der Waals surface area contributed by atoms with E-state index in [4.69, 9.17) is 0 Å². The molecule has 0 bridgehead atoms. The first-order chi connectivity index (χ1) is 6.29. The third-order valence-electron chi connectivity index (χ3n) is 1.99. The molecule has 1 heterocycles. The van der Waals surface area contributed by atoms with Crippen molar-refractivity contribution in [1.29, 1.82) is 0 Å². The Morgan fingerprint density at radius 2 is 2.08 bits per heavy atom. The van der Waals surface area contributed by atoms with Gasteiger partial charge in [-0.05, 0) is 35.2 Å². The zero-order valence-corrected chi connectivity index (χ0v) is 9.84. The summed E-state index contributed by atoms with van der Waals surface area (Å²) in [4.78, 5) is 0. The highest BCUT2D eigenvalue weighted by molar-refractivity contribution is 9.10. The Hall–Kier alpha value is -0.380. The van der Waals surface area contributed by atoms with E-state index in [1.807, 2.05) is 4.68 Å². The second-order valence-electron chi connectivity index (χ2n) is 3.15. The minimum atomic E-state index is 0.911. The van der Waals surface area contributed by atoms with Gasteiger partial charge in [0.2, 0.25) is 0 Å². The van der Waals surface area contributed by atoms with Crippen LogP contribution in [0.1, 0.15) is 38.8 Å². The normalized spacial score (nSPS) is 10.7. The summed E-state index contributed by atoms with van der Waals surface area (Å²) in [7, 11) is 0. The van der Waals surface area contributed by atoms with Gasteiger partial charge in [0.1, 0.15) is 0 Å². The maximum Gasteiger partial charge on any atom is 0.151 e. The van der Waals surface area contributed by atoms with Crippen LogP contribution in [0.15, 0.2) is 4.60 Å². The van der Waals surface area contributed by atoms with Crippen LogP contribution in [0, 0.1) is 0 Å². The van der Waals surface area contributed by atoms with E-state index in [0.717, 1.165) is 24.0 Å². The van der Waals surface area contributed by atoms with Crippen LogP contribution in [0.25, 0.3) is 0 Å². The number of aryl methyl sites for hydroxylation is 1. The standard InChI is InChI=1S/C9H16BrN3/c1-3-5-6-8-9(10)11-12-13(8)7-4-2/h3-7H2,1-2H3. The molecule has 1 aromatic rings. The fraction of sp³-hybridized carbons (Fsp3) is 0.778. The molecule has 74 valence electrons. The summed E-state index contributed by atoms with van der Waals surface area (Å²) in [6.45, 7) is 5.32. The SMILES string of the molecule is CCCCc1c(Br)nnn1CCC. The van der Waals surface area contributed by atoms with Gasteiger partial charge in [0.25, 0.3) is 0 Å². The van der Waals surface area contributed by atoms with E-state index < -0.39 is 0 Å². The molecule has 4 heteroatoms. The molecular weight excluding hydrogens is 230 g/mol. The van der Waals surface area contributed by atoms with E-state index in [1.165, 1.54) is 18.5 Å². The zero-order chi connectivity index (χ0) is 9.68. The number of unbranched alkanes of at least 4 members (excludes halogenated alkanes) is 1. The Kier molecular flexibility index (Phi) is 4.42. The van der Waals surface area contributed by atoms with Crippen molar-refractivity contribution < 1.29 is 0 Å². The van der Waals surface area contributed by atoms with Crippen molar-refractivity contribution in [2.24, 2.45) is 0 Å². The van der Waals surface area contributed by atoms with Crippen LogP contribution in [-0.2, 0) is 13.0 Å². The van der Waals surface area contributed by atoms with Crippen LogP contribution in [0.2, 0.25) is 0 Å². The second kappa shape index (κ2) is 5.37. The first-order valence-corrected chi connectivity index (χ1v) is 5.66. The van der Waals surface area contributed by atoms with E-state index in [1.54, 1.807) is 0 Å². The minimum Gasteiger partial charge on any atom is -0.248 e. The summed E-state index contributed by atoms with van der Waals surface area (Å²) in [6.07, 6.45) is 4.60. The fourth-order valence-electron chi connectivity index (χ4n) is 1.28. The maximum absolute atomic E-state index is 4.08. The van der Waals surface area contributed by atoms with Gasteiger partial charge in [-0.15, -0.1) is 5.10 Å². The Balaban J connectivity index is 2.69. The van der Waals surface area contributed by atoms with Gasteiger partial charge >= 0.3 is 0 Å². The van der Waals surface area contributed by atoms with Crippen molar-refractivity contribution in [2.75, 3.05) is 0 Å². The highest BCUT2D eigenvalue weighted by Gasteiger charge is 2.08. The lowest BCUT2D eigenvalue weighted by atomic mass is 10.2. The molecule has 0 fully saturated rings. The van der Waals surface area contributed by atoms with Crippen molar-refractivity contribution in [3.63, 3.8) is 0 Å². The van der Waals surface area contributed by atoms with Crippen LogP contribution in [-0.4, -0.2) is 15.0 Å². The summed E-state index contributed by atoms with van der Waals surface area (Å²) in [6, 6.07) is 0.